The highest BCUT2D eigenvalue weighted by Gasteiger charge is 2.18. The number of benzene rings is 1. The number of hydrogen-bond donors (Lipinski definition) is 2. The van der Waals surface area contributed by atoms with Crippen LogP contribution in [0.4, 0.5) is 0 Å². The summed E-state index contributed by atoms with van der Waals surface area (Å²) in [6.45, 7) is 3.50. The van der Waals surface area contributed by atoms with Crippen LogP contribution in [0.1, 0.15) is 20.9 Å². The highest BCUT2D eigenvalue weighted by Crippen LogP contribution is 2.27. The fraction of sp³-hybridized carbons (Fsp3) is 0.167. The zero-order valence-electron chi connectivity index (χ0n) is 14.2. The quantitative estimate of drug-likeness (QED) is 0.673. The van der Waals surface area contributed by atoms with Crippen molar-refractivity contribution < 1.29 is 18.7 Å². The number of aryl methyl sites for hydroxylation is 2. The monoisotopic (exact) mass is 371 g/mol. The molecule has 7 nitrogen and oxygen atoms in total. The molecule has 2 amide bonds. The molecule has 3 aromatic rings. The van der Waals surface area contributed by atoms with Crippen molar-refractivity contribution in [3.63, 3.8) is 0 Å². The molecule has 8 heteroatoms. The molecule has 0 aliphatic carbocycles. The van der Waals surface area contributed by atoms with Crippen molar-refractivity contribution in [1.29, 1.82) is 0 Å². The Balaban J connectivity index is 1.53. The standard InChI is InChI=1S/C18H17N3O4S/c1-11-5-3-6-13(9-11)25-10-15(22)20-21-17(23)16-12(2)26-18(19-16)14-7-4-8-24-14/h3-9H,10H2,1-2H3,(H,20,22)(H,21,23). The Hall–Kier alpha value is -3.13. The van der Waals surface area contributed by atoms with Crippen molar-refractivity contribution in [2.75, 3.05) is 6.61 Å². The number of nitrogens with zero attached hydrogens (tertiary/aromatic N) is 1. The van der Waals surface area contributed by atoms with E-state index < -0.39 is 11.8 Å². The average molecular weight is 371 g/mol. The number of furan rings is 1. The molecule has 0 spiro atoms. The van der Waals surface area contributed by atoms with Crippen molar-refractivity contribution in [2.24, 2.45) is 0 Å². The van der Waals surface area contributed by atoms with Gasteiger partial charge >= 0.3 is 0 Å². The SMILES string of the molecule is Cc1cccc(OCC(=O)NNC(=O)c2nc(-c3ccco3)sc2C)c1. The molecule has 0 aliphatic rings. The lowest BCUT2D eigenvalue weighted by molar-refractivity contribution is -0.123. The van der Waals surface area contributed by atoms with Crippen LogP contribution in [0.2, 0.25) is 0 Å². The molecule has 0 unspecified atom stereocenters. The molecule has 2 N–H and O–H groups in total. The first-order valence-electron chi connectivity index (χ1n) is 7.83. The average Bonchev–Trinajstić information content (AvgIpc) is 3.27. The molecule has 0 saturated heterocycles. The maximum absolute atomic E-state index is 12.2. The first kappa shape index (κ1) is 17.7. The number of thiazole rings is 1. The first-order valence-corrected chi connectivity index (χ1v) is 8.64. The molecule has 0 bridgehead atoms. The molecule has 0 aliphatic heterocycles. The van der Waals surface area contributed by atoms with Crippen molar-refractivity contribution in [1.82, 2.24) is 15.8 Å². The van der Waals surface area contributed by atoms with Gasteiger partial charge in [-0.05, 0) is 43.7 Å². The molecule has 2 heterocycles. The van der Waals surface area contributed by atoms with Crippen LogP contribution < -0.4 is 15.6 Å². The number of rotatable bonds is 5. The Morgan fingerprint density at radius 2 is 2.04 bits per heavy atom. The Labute approximate surface area is 154 Å². The molecule has 3 rings (SSSR count). The third-order valence-corrected chi connectivity index (χ3v) is 4.40. The van der Waals surface area contributed by atoms with Gasteiger partial charge in [-0.3, -0.25) is 20.4 Å². The van der Waals surface area contributed by atoms with Crippen LogP contribution in [-0.4, -0.2) is 23.4 Å². The van der Waals surface area contributed by atoms with Crippen LogP contribution in [0.25, 0.3) is 10.8 Å². The molecule has 0 saturated carbocycles. The second kappa shape index (κ2) is 7.83. The number of aromatic nitrogens is 1. The van der Waals surface area contributed by atoms with Crippen molar-refractivity contribution >= 4 is 23.2 Å². The van der Waals surface area contributed by atoms with E-state index in [0.717, 1.165) is 10.4 Å². The van der Waals surface area contributed by atoms with Crippen LogP contribution in [0, 0.1) is 13.8 Å². The number of hydrogen-bond acceptors (Lipinski definition) is 6. The second-order valence-electron chi connectivity index (χ2n) is 5.51. The van der Waals surface area contributed by atoms with E-state index in [4.69, 9.17) is 9.15 Å². The summed E-state index contributed by atoms with van der Waals surface area (Å²) in [5.41, 5.74) is 5.92. The highest BCUT2D eigenvalue weighted by molar-refractivity contribution is 7.15. The molecule has 134 valence electrons. The van der Waals surface area contributed by atoms with E-state index in [0.29, 0.717) is 16.5 Å². The fourth-order valence-electron chi connectivity index (χ4n) is 2.19. The van der Waals surface area contributed by atoms with E-state index in [9.17, 15) is 9.59 Å². The number of hydrazine groups is 1. The van der Waals surface area contributed by atoms with Crippen LogP contribution >= 0.6 is 11.3 Å². The Morgan fingerprint density at radius 3 is 2.77 bits per heavy atom. The maximum atomic E-state index is 12.2. The van der Waals surface area contributed by atoms with Gasteiger partial charge < -0.3 is 9.15 Å². The van der Waals surface area contributed by atoms with Gasteiger partial charge in [0.25, 0.3) is 11.8 Å². The van der Waals surface area contributed by atoms with Gasteiger partial charge in [-0.25, -0.2) is 4.98 Å². The van der Waals surface area contributed by atoms with Gasteiger partial charge in [0.05, 0.1) is 6.26 Å². The lowest BCUT2D eigenvalue weighted by Gasteiger charge is -2.08. The molecule has 26 heavy (non-hydrogen) atoms. The highest BCUT2D eigenvalue weighted by atomic mass is 32.1. The minimum atomic E-state index is -0.500. The normalized spacial score (nSPS) is 10.4. The number of ether oxygens (including phenoxy) is 1. The summed E-state index contributed by atoms with van der Waals surface area (Å²) in [6, 6.07) is 10.9. The number of amides is 2. The largest absolute Gasteiger partial charge is 0.484 e. The van der Waals surface area contributed by atoms with E-state index in [-0.39, 0.29) is 12.3 Å². The summed E-state index contributed by atoms with van der Waals surface area (Å²) in [6.07, 6.45) is 1.54. The van der Waals surface area contributed by atoms with E-state index >= 15 is 0 Å². The molecule has 0 atom stereocenters. The Morgan fingerprint density at radius 1 is 1.19 bits per heavy atom. The predicted molar refractivity (Wildman–Crippen MR) is 96.8 cm³/mol. The van der Waals surface area contributed by atoms with Gasteiger partial charge in [-0.1, -0.05) is 12.1 Å². The van der Waals surface area contributed by atoms with Crippen molar-refractivity contribution in [3.05, 3.63) is 58.8 Å². The summed E-state index contributed by atoms with van der Waals surface area (Å²) < 4.78 is 10.7. The van der Waals surface area contributed by atoms with E-state index in [1.165, 1.54) is 11.3 Å². The second-order valence-corrected chi connectivity index (χ2v) is 6.71. The third kappa shape index (κ3) is 4.28. The van der Waals surface area contributed by atoms with Gasteiger partial charge in [0.2, 0.25) is 0 Å². The molecule has 0 radical (unpaired) electrons. The van der Waals surface area contributed by atoms with Crippen LogP contribution in [0.15, 0.2) is 47.1 Å². The van der Waals surface area contributed by atoms with E-state index in [1.807, 2.05) is 25.1 Å². The van der Waals surface area contributed by atoms with Gasteiger partial charge in [0.1, 0.15) is 11.4 Å². The number of carbonyl (C=O) groups is 2. The van der Waals surface area contributed by atoms with E-state index in [1.54, 1.807) is 31.4 Å². The maximum Gasteiger partial charge on any atom is 0.289 e. The minimum Gasteiger partial charge on any atom is -0.484 e. The first-order chi connectivity index (χ1) is 12.5. The lowest BCUT2D eigenvalue weighted by atomic mass is 10.2. The van der Waals surface area contributed by atoms with Crippen LogP contribution in [-0.2, 0) is 4.79 Å². The van der Waals surface area contributed by atoms with Gasteiger partial charge in [0, 0.05) is 4.88 Å². The third-order valence-electron chi connectivity index (χ3n) is 3.42. The summed E-state index contributed by atoms with van der Waals surface area (Å²) in [4.78, 5) is 29.0. The topological polar surface area (TPSA) is 93.5 Å². The molecule has 1 aromatic carbocycles. The summed E-state index contributed by atoms with van der Waals surface area (Å²) in [5.74, 6) is 0.206. The lowest BCUT2D eigenvalue weighted by Crippen LogP contribution is -2.44. The van der Waals surface area contributed by atoms with E-state index in [2.05, 4.69) is 15.8 Å². The zero-order valence-corrected chi connectivity index (χ0v) is 15.1. The van der Waals surface area contributed by atoms with Gasteiger partial charge in [-0.15, -0.1) is 11.3 Å². The molecular formula is C18H17N3O4S. The minimum absolute atomic E-state index is 0.211. The molecule has 2 aromatic heterocycles. The zero-order chi connectivity index (χ0) is 18.5. The molecular weight excluding hydrogens is 354 g/mol. The Bertz CT molecular complexity index is 918. The molecule has 0 fully saturated rings. The van der Waals surface area contributed by atoms with Crippen molar-refractivity contribution in [2.45, 2.75) is 13.8 Å². The summed E-state index contributed by atoms with van der Waals surface area (Å²) in [7, 11) is 0. The smallest absolute Gasteiger partial charge is 0.289 e. The number of nitrogens with one attached hydrogen (secondary N) is 2. The number of carbonyl (C=O) groups excluding carboxylic acids is 2. The summed E-state index contributed by atoms with van der Waals surface area (Å²) >= 11 is 1.34. The van der Waals surface area contributed by atoms with Crippen molar-refractivity contribution in [3.8, 4) is 16.5 Å². The van der Waals surface area contributed by atoms with Gasteiger partial charge in [0.15, 0.2) is 17.4 Å². The fourth-order valence-corrected chi connectivity index (χ4v) is 3.07. The van der Waals surface area contributed by atoms with Gasteiger partial charge in [-0.2, -0.15) is 0 Å². The van der Waals surface area contributed by atoms with Crippen LogP contribution in [0.3, 0.4) is 0 Å². The Kier molecular flexibility index (Phi) is 5.33. The predicted octanol–water partition coefficient (Wildman–Crippen LogP) is 2.86. The summed E-state index contributed by atoms with van der Waals surface area (Å²) in [5, 5.41) is 0.603. The van der Waals surface area contributed by atoms with Crippen LogP contribution in [0.5, 0.6) is 5.75 Å².